The molecular formula is C23H20Cl2N4O3. The van der Waals surface area contributed by atoms with Crippen LogP contribution in [0.1, 0.15) is 25.1 Å². The van der Waals surface area contributed by atoms with Crippen molar-refractivity contribution in [2.45, 2.75) is 31.8 Å². The van der Waals surface area contributed by atoms with Crippen molar-refractivity contribution < 1.29 is 9.21 Å². The van der Waals surface area contributed by atoms with Crippen molar-refractivity contribution in [1.29, 1.82) is 0 Å². The molecule has 0 bridgehead atoms. The van der Waals surface area contributed by atoms with Gasteiger partial charge in [0.05, 0.1) is 22.6 Å². The number of carbonyl (C=O) groups excluding carboxylic acids is 1. The number of nitrogens with zero attached hydrogens (tertiary/aromatic N) is 2. The molecule has 1 fully saturated rings. The second kappa shape index (κ2) is 8.58. The van der Waals surface area contributed by atoms with Gasteiger partial charge in [0.2, 0.25) is 11.5 Å². The number of fused-ring (bicyclic) bond motifs is 3. The number of para-hydroxylation sites is 1. The van der Waals surface area contributed by atoms with E-state index in [1.807, 2.05) is 29.2 Å². The number of H-pyrrole nitrogens is 1. The van der Waals surface area contributed by atoms with Gasteiger partial charge in [-0.05, 0) is 49.7 Å². The molecule has 7 nitrogen and oxygen atoms in total. The molecule has 9 heteroatoms. The minimum atomic E-state index is -0.347. The molecule has 1 aliphatic heterocycles. The molecule has 2 aromatic heterocycles. The SMILES string of the molecule is O=C(Nc1ccc(Cl)c(Cl)c1)C1CCCCN1Cc1nc2c(oc3ccccc32)c(=O)[nH]1. The number of aromatic nitrogens is 2. The maximum Gasteiger partial charge on any atom is 0.294 e. The van der Waals surface area contributed by atoms with Crippen molar-refractivity contribution in [3.8, 4) is 0 Å². The molecule has 2 aromatic carbocycles. The average Bonchev–Trinajstić information content (AvgIpc) is 3.16. The predicted molar refractivity (Wildman–Crippen MR) is 125 cm³/mol. The number of carbonyl (C=O) groups is 1. The molecule has 0 saturated carbocycles. The lowest BCUT2D eigenvalue weighted by Crippen LogP contribution is -2.47. The highest BCUT2D eigenvalue weighted by Crippen LogP contribution is 2.27. The van der Waals surface area contributed by atoms with Crippen LogP contribution in [-0.2, 0) is 11.3 Å². The monoisotopic (exact) mass is 470 g/mol. The zero-order valence-electron chi connectivity index (χ0n) is 17.0. The van der Waals surface area contributed by atoms with Gasteiger partial charge in [-0.15, -0.1) is 0 Å². The second-order valence-corrected chi connectivity index (χ2v) is 8.70. The molecule has 1 unspecified atom stereocenters. The largest absolute Gasteiger partial charge is 0.449 e. The van der Waals surface area contributed by atoms with E-state index in [4.69, 9.17) is 27.6 Å². The molecule has 0 radical (unpaired) electrons. The summed E-state index contributed by atoms with van der Waals surface area (Å²) in [4.78, 5) is 35.2. The van der Waals surface area contributed by atoms with Crippen molar-refractivity contribution in [1.82, 2.24) is 14.9 Å². The standard InChI is InChI=1S/C23H20Cl2N4O3/c24-15-9-8-13(11-16(15)25)26-22(30)17-6-3-4-10-29(17)12-19-27-20-14-5-1-2-7-18(14)32-21(20)23(31)28-19/h1-2,5,7-9,11,17H,3-4,6,10,12H2,(H,26,30)(H,27,28,31). The van der Waals surface area contributed by atoms with Crippen LogP contribution in [0.5, 0.6) is 0 Å². The highest BCUT2D eigenvalue weighted by Gasteiger charge is 2.29. The van der Waals surface area contributed by atoms with Crippen molar-refractivity contribution in [3.63, 3.8) is 0 Å². The summed E-state index contributed by atoms with van der Waals surface area (Å²) in [5.74, 6) is 0.378. The number of benzene rings is 2. The van der Waals surface area contributed by atoms with E-state index < -0.39 is 0 Å². The topological polar surface area (TPSA) is 91.2 Å². The summed E-state index contributed by atoms with van der Waals surface area (Å²) in [5.41, 5.74) is 1.63. The fourth-order valence-electron chi connectivity index (χ4n) is 4.19. The molecule has 1 aliphatic rings. The maximum absolute atomic E-state index is 13.0. The molecule has 4 aromatic rings. The van der Waals surface area contributed by atoms with Gasteiger partial charge in [-0.25, -0.2) is 4.98 Å². The number of hydrogen-bond acceptors (Lipinski definition) is 5. The number of likely N-dealkylation sites (tertiary alicyclic amines) is 1. The number of anilines is 1. The van der Waals surface area contributed by atoms with Crippen LogP contribution >= 0.6 is 23.2 Å². The van der Waals surface area contributed by atoms with Crippen molar-refractivity contribution in [2.75, 3.05) is 11.9 Å². The van der Waals surface area contributed by atoms with E-state index >= 15 is 0 Å². The zero-order valence-corrected chi connectivity index (χ0v) is 18.5. The van der Waals surface area contributed by atoms with E-state index in [9.17, 15) is 9.59 Å². The van der Waals surface area contributed by atoms with Crippen molar-refractivity contribution in [3.05, 3.63) is 68.7 Å². The van der Waals surface area contributed by atoms with E-state index in [1.54, 1.807) is 18.2 Å². The molecule has 0 spiro atoms. The lowest BCUT2D eigenvalue weighted by molar-refractivity contribution is -0.122. The van der Waals surface area contributed by atoms with Gasteiger partial charge < -0.3 is 14.7 Å². The van der Waals surface area contributed by atoms with Gasteiger partial charge in [-0.1, -0.05) is 41.8 Å². The van der Waals surface area contributed by atoms with Gasteiger partial charge in [0, 0.05) is 11.1 Å². The lowest BCUT2D eigenvalue weighted by Gasteiger charge is -2.34. The summed E-state index contributed by atoms with van der Waals surface area (Å²) < 4.78 is 5.67. The normalized spacial score (nSPS) is 17.1. The summed E-state index contributed by atoms with van der Waals surface area (Å²) >= 11 is 12.0. The summed E-state index contributed by atoms with van der Waals surface area (Å²) in [6.45, 7) is 1.08. The summed E-state index contributed by atoms with van der Waals surface area (Å²) in [7, 11) is 0. The van der Waals surface area contributed by atoms with Crippen molar-refractivity contribution >= 4 is 56.9 Å². The quantitative estimate of drug-likeness (QED) is 0.439. The second-order valence-electron chi connectivity index (χ2n) is 7.89. The fraction of sp³-hybridized carbons (Fsp3) is 0.261. The number of hydrogen-bond donors (Lipinski definition) is 2. The molecular weight excluding hydrogens is 451 g/mol. The highest BCUT2D eigenvalue weighted by atomic mass is 35.5. The minimum absolute atomic E-state index is 0.125. The minimum Gasteiger partial charge on any atom is -0.449 e. The van der Waals surface area contributed by atoms with Crippen LogP contribution in [0.3, 0.4) is 0 Å². The molecule has 32 heavy (non-hydrogen) atoms. The number of rotatable bonds is 4. The lowest BCUT2D eigenvalue weighted by atomic mass is 10.0. The van der Waals surface area contributed by atoms with Crippen LogP contribution in [0.4, 0.5) is 5.69 Å². The molecule has 5 rings (SSSR count). The number of halogens is 2. The van der Waals surface area contributed by atoms with Gasteiger partial charge in [0.25, 0.3) is 5.56 Å². The average molecular weight is 471 g/mol. The maximum atomic E-state index is 13.0. The van der Waals surface area contributed by atoms with Crippen LogP contribution in [0.15, 0.2) is 51.7 Å². The first kappa shape index (κ1) is 21.0. The Hall–Kier alpha value is -2.87. The van der Waals surface area contributed by atoms with E-state index in [1.165, 1.54) is 0 Å². The van der Waals surface area contributed by atoms with E-state index in [-0.39, 0.29) is 23.1 Å². The molecule has 3 heterocycles. The van der Waals surface area contributed by atoms with E-state index in [2.05, 4.69) is 15.3 Å². The third-order valence-corrected chi connectivity index (χ3v) is 6.48. The van der Waals surface area contributed by atoms with Crippen LogP contribution in [0.2, 0.25) is 10.0 Å². The Balaban J connectivity index is 1.41. The van der Waals surface area contributed by atoms with Gasteiger partial charge >= 0.3 is 0 Å². The first-order chi connectivity index (χ1) is 15.5. The predicted octanol–water partition coefficient (Wildman–Crippen LogP) is 4.97. The highest BCUT2D eigenvalue weighted by molar-refractivity contribution is 6.42. The Bertz CT molecular complexity index is 1380. The zero-order chi connectivity index (χ0) is 22.2. The van der Waals surface area contributed by atoms with Gasteiger partial charge in [0.1, 0.15) is 16.9 Å². The fourth-order valence-corrected chi connectivity index (χ4v) is 4.49. The number of aromatic amines is 1. The third kappa shape index (κ3) is 3.99. The third-order valence-electron chi connectivity index (χ3n) is 5.74. The molecule has 1 atom stereocenters. The molecule has 1 saturated heterocycles. The number of nitrogens with one attached hydrogen (secondary N) is 2. The first-order valence-electron chi connectivity index (χ1n) is 10.4. The van der Waals surface area contributed by atoms with Crippen molar-refractivity contribution in [2.24, 2.45) is 0 Å². The number of amides is 1. The number of furan rings is 1. The summed E-state index contributed by atoms with van der Waals surface area (Å²) in [5, 5.41) is 4.53. The Morgan fingerprint density at radius 3 is 2.88 bits per heavy atom. The Morgan fingerprint density at radius 2 is 2.03 bits per heavy atom. The summed E-state index contributed by atoms with van der Waals surface area (Å²) in [6.07, 6.45) is 2.64. The van der Waals surface area contributed by atoms with Crippen LogP contribution in [0.25, 0.3) is 22.1 Å². The summed E-state index contributed by atoms with van der Waals surface area (Å²) in [6, 6.07) is 12.1. The van der Waals surface area contributed by atoms with E-state index in [0.717, 1.165) is 24.8 Å². The van der Waals surface area contributed by atoms with Crippen LogP contribution in [0, 0.1) is 0 Å². The Labute approximate surface area is 193 Å². The van der Waals surface area contributed by atoms with Gasteiger partial charge in [-0.2, -0.15) is 0 Å². The Morgan fingerprint density at radius 1 is 1.19 bits per heavy atom. The van der Waals surface area contributed by atoms with Crippen LogP contribution in [-0.4, -0.2) is 33.4 Å². The smallest absolute Gasteiger partial charge is 0.294 e. The molecule has 164 valence electrons. The molecule has 0 aliphatic carbocycles. The number of piperidine rings is 1. The van der Waals surface area contributed by atoms with Crippen LogP contribution < -0.4 is 10.9 Å². The first-order valence-corrected chi connectivity index (χ1v) is 11.2. The molecule has 2 N–H and O–H groups in total. The molecule has 1 amide bonds. The Kier molecular flexibility index (Phi) is 5.63. The van der Waals surface area contributed by atoms with E-state index in [0.29, 0.717) is 45.6 Å². The van der Waals surface area contributed by atoms with Gasteiger partial charge in [-0.3, -0.25) is 14.5 Å². The van der Waals surface area contributed by atoms with Gasteiger partial charge in [0.15, 0.2) is 0 Å².